The minimum atomic E-state index is -4.59. The summed E-state index contributed by atoms with van der Waals surface area (Å²) in [6, 6.07) is 2.23. The van der Waals surface area contributed by atoms with Crippen molar-refractivity contribution in [2.24, 2.45) is 5.92 Å². The van der Waals surface area contributed by atoms with Gasteiger partial charge in [0.25, 0.3) is 0 Å². The van der Waals surface area contributed by atoms with Gasteiger partial charge in [-0.3, -0.25) is 0 Å². The van der Waals surface area contributed by atoms with Crippen molar-refractivity contribution in [2.45, 2.75) is 38.0 Å². The van der Waals surface area contributed by atoms with Crippen molar-refractivity contribution in [1.82, 2.24) is 0 Å². The van der Waals surface area contributed by atoms with E-state index in [0.717, 1.165) is 31.4 Å². The van der Waals surface area contributed by atoms with Crippen molar-refractivity contribution in [2.75, 3.05) is 0 Å². The van der Waals surface area contributed by atoms with Crippen LogP contribution >= 0.6 is 0 Å². The summed E-state index contributed by atoms with van der Waals surface area (Å²) >= 11 is 0. The summed E-state index contributed by atoms with van der Waals surface area (Å²) in [5, 5.41) is 9.78. The maximum Gasteiger partial charge on any atom is 0.416 e. The lowest BCUT2D eigenvalue weighted by Gasteiger charge is -2.14. The molecule has 1 saturated carbocycles. The molecule has 100 valence electrons. The number of alkyl halides is 3. The van der Waals surface area contributed by atoms with Crippen LogP contribution in [0.25, 0.3) is 0 Å². The van der Waals surface area contributed by atoms with Gasteiger partial charge in [0.05, 0.1) is 11.7 Å². The molecule has 0 heterocycles. The molecule has 18 heavy (non-hydrogen) atoms. The van der Waals surface area contributed by atoms with E-state index in [4.69, 9.17) is 0 Å². The topological polar surface area (TPSA) is 20.2 Å². The highest BCUT2D eigenvalue weighted by molar-refractivity contribution is 5.28. The molecule has 1 N–H and O–H groups in total. The molecule has 1 aliphatic rings. The second-order valence-corrected chi connectivity index (χ2v) is 4.81. The highest BCUT2D eigenvalue weighted by Crippen LogP contribution is 2.37. The van der Waals surface area contributed by atoms with E-state index in [1.807, 2.05) is 0 Å². The summed E-state index contributed by atoms with van der Waals surface area (Å²) in [5.74, 6) is -0.388. The van der Waals surface area contributed by atoms with Crippen molar-refractivity contribution in [3.8, 4) is 0 Å². The van der Waals surface area contributed by atoms with Crippen LogP contribution in [0.4, 0.5) is 17.6 Å². The predicted molar refractivity (Wildman–Crippen MR) is 58.3 cm³/mol. The number of aliphatic hydroxyl groups excluding tert-OH is 1. The first-order valence-corrected chi connectivity index (χ1v) is 5.92. The van der Waals surface area contributed by atoms with Crippen LogP contribution in [0.15, 0.2) is 18.2 Å². The molecule has 0 amide bonds. The van der Waals surface area contributed by atoms with Gasteiger partial charge in [0, 0.05) is 0 Å². The van der Waals surface area contributed by atoms with Crippen LogP contribution in [0.3, 0.4) is 0 Å². The monoisotopic (exact) mass is 262 g/mol. The van der Waals surface area contributed by atoms with Gasteiger partial charge >= 0.3 is 6.18 Å². The number of benzene rings is 1. The van der Waals surface area contributed by atoms with E-state index in [-0.39, 0.29) is 5.56 Å². The molecule has 0 aromatic heterocycles. The Kier molecular flexibility index (Phi) is 3.61. The molecule has 1 aliphatic carbocycles. The lowest BCUT2D eigenvalue weighted by Crippen LogP contribution is -2.08. The Labute approximate surface area is 102 Å². The first-order valence-electron chi connectivity index (χ1n) is 5.92. The first kappa shape index (κ1) is 13.3. The third-order valence-electron chi connectivity index (χ3n) is 3.18. The van der Waals surface area contributed by atoms with Crippen molar-refractivity contribution < 1.29 is 22.7 Å². The predicted octanol–water partition coefficient (Wildman–Crippen LogP) is 4.07. The van der Waals surface area contributed by atoms with Crippen LogP contribution in [0.1, 0.15) is 42.9 Å². The maximum absolute atomic E-state index is 13.1. The smallest absolute Gasteiger partial charge is 0.388 e. The van der Waals surface area contributed by atoms with E-state index in [1.165, 1.54) is 0 Å². The normalized spacial score (nSPS) is 17.8. The fourth-order valence-electron chi connectivity index (χ4n) is 1.94. The summed E-state index contributed by atoms with van der Waals surface area (Å²) in [4.78, 5) is 0. The molecular formula is C13H14F4O. The average Bonchev–Trinajstić information content (AvgIpc) is 3.07. The fraction of sp³-hybridized carbons (Fsp3) is 0.538. The molecule has 1 unspecified atom stereocenters. The van der Waals surface area contributed by atoms with Crippen LogP contribution in [0.2, 0.25) is 0 Å². The summed E-state index contributed by atoms with van der Waals surface area (Å²) in [7, 11) is 0. The molecule has 1 fully saturated rings. The van der Waals surface area contributed by atoms with Crippen LogP contribution < -0.4 is 0 Å². The minimum absolute atomic E-state index is 0.00275. The van der Waals surface area contributed by atoms with Gasteiger partial charge in [-0.15, -0.1) is 0 Å². The number of rotatable bonds is 4. The van der Waals surface area contributed by atoms with Crippen molar-refractivity contribution >= 4 is 0 Å². The molecule has 1 nitrogen and oxygen atoms in total. The van der Waals surface area contributed by atoms with Gasteiger partial charge in [0.1, 0.15) is 5.82 Å². The Morgan fingerprint density at radius 2 is 1.89 bits per heavy atom. The van der Waals surface area contributed by atoms with Crippen molar-refractivity contribution in [3.05, 3.63) is 35.1 Å². The Morgan fingerprint density at radius 1 is 1.22 bits per heavy atom. The molecule has 2 rings (SSSR count). The summed E-state index contributed by atoms with van der Waals surface area (Å²) in [6.07, 6.45) is -2.23. The van der Waals surface area contributed by atoms with E-state index in [0.29, 0.717) is 18.4 Å². The second-order valence-electron chi connectivity index (χ2n) is 4.81. The zero-order valence-corrected chi connectivity index (χ0v) is 9.67. The largest absolute Gasteiger partial charge is 0.416 e. The number of aliphatic hydroxyl groups is 1. The summed E-state index contributed by atoms with van der Waals surface area (Å²) in [6.45, 7) is 0. The Morgan fingerprint density at radius 3 is 2.44 bits per heavy atom. The minimum Gasteiger partial charge on any atom is -0.388 e. The van der Waals surface area contributed by atoms with E-state index >= 15 is 0 Å². The zero-order valence-electron chi connectivity index (χ0n) is 9.67. The van der Waals surface area contributed by atoms with Gasteiger partial charge in [0.15, 0.2) is 0 Å². The molecule has 5 heteroatoms. The fourth-order valence-corrected chi connectivity index (χ4v) is 1.94. The van der Waals surface area contributed by atoms with Crippen molar-refractivity contribution in [3.63, 3.8) is 0 Å². The van der Waals surface area contributed by atoms with E-state index < -0.39 is 23.7 Å². The highest BCUT2D eigenvalue weighted by atomic mass is 19.4. The average molecular weight is 262 g/mol. The Hall–Kier alpha value is -1.10. The molecule has 0 aliphatic heterocycles. The summed E-state index contributed by atoms with van der Waals surface area (Å²) < 4.78 is 50.6. The molecule has 0 saturated heterocycles. The first-order chi connectivity index (χ1) is 8.36. The highest BCUT2D eigenvalue weighted by Gasteiger charge is 2.32. The zero-order chi connectivity index (χ0) is 13.3. The summed E-state index contributed by atoms with van der Waals surface area (Å²) in [5.41, 5.74) is -1.05. The number of hydrogen-bond donors (Lipinski definition) is 1. The molecule has 0 radical (unpaired) electrons. The third kappa shape index (κ3) is 3.45. The van der Waals surface area contributed by atoms with Gasteiger partial charge in [0.2, 0.25) is 0 Å². The molecule has 1 aromatic rings. The van der Waals surface area contributed by atoms with Crippen LogP contribution in [-0.4, -0.2) is 5.11 Å². The number of halogens is 4. The van der Waals surface area contributed by atoms with E-state index in [1.54, 1.807) is 0 Å². The Balaban J connectivity index is 2.12. The van der Waals surface area contributed by atoms with Crippen LogP contribution in [0.5, 0.6) is 0 Å². The van der Waals surface area contributed by atoms with Gasteiger partial charge in [-0.25, -0.2) is 4.39 Å². The quantitative estimate of drug-likeness (QED) is 0.811. The molecule has 0 spiro atoms. The van der Waals surface area contributed by atoms with Gasteiger partial charge in [-0.1, -0.05) is 12.8 Å². The van der Waals surface area contributed by atoms with E-state index in [2.05, 4.69) is 0 Å². The number of hydrogen-bond acceptors (Lipinski definition) is 1. The Bertz CT molecular complexity index is 423. The molecule has 0 bridgehead atoms. The third-order valence-corrected chi connectivity index (χ3v) is 3.18. The van der Waals surface area contributed by atoms with Gasteiger partial charge < -0.3 is 5.11 Å². The van der Waals surface area contributed by atoms with Crippen molar-refractivity contribution in [1.29, 1.82) is 0 Å². The maximum atomic E-state index is 13.1. The second kappa shape index (κ2) is 4.88. The standard InChI is InChI=1S/C13H14F4O/c14-11-6-9(5-10(7-11)13(15,16)17)12(18)4-3-8-1-2-8/h5-8,12,18H,1-4H2. The molecule has 1 atom stereocenters. The van der Waals surface area contributed by atoms with Gasteiger partial charge in [-0.05, 0) is 42.5 Å². The van der Waals surface area contributed by atoms with Crippen LogP contribution in [0, 0.1) is 11.7 Å². The molecule has 1 aromatic carbocycles. The van der Waals surface area contributed by atoms with E-state index in [9.17, 15) is 22.7 Å². The van der Waals surface area contributed by atoms with Crippen LogP contribution in [-0.2, 0) is 6.18 Å². The lowest BCUT2D eigenvalue weighted by atomic mass is 10.0. The molecular weight excluding hydrogens is 248 g/mol. The van der Waals surface area contributed by atoms with Gasteiger partial charge in [-0.2, -0.15) is 13.2 Å². The SMILES string of the molecule is OC(CCC1CC1)c1cc(F)cc(C(F)(F)F)c1. The lowest BCUT2D eigenvalue weighted by molar-refractivity contribution is -0.137.